The Balaban J connectivity index is 2.32. The lowest BCUT2D eigenvalue weighted by atomic mass is 9.94. The predicted octanol–water partition coefficient (Wildman–Crippen LogP) is 1.78. The smallest absolute Gasteiger partial charge is 0.336 e. The molecule has 0 spiro atoms. The van der Waals surface area contributed by atoms with Gasteiger partial charge in [-0.1, -0.05) is 18.2 Å². The standard InChI is InChI=1S/C13H13NO2/c14-8-13(6-7-13)10-3-1-2-9-4-5-11(15)16-12(9)10/h1-5H,6-8,14H2. The first-order valence-electron chi connectivity index (χ1n) is 5.49. The van der Waals surface area contributed by atoms with Gasteiger partial charge in [0.1, 0.15) is 5.58 Å². The van der Waals surface area contributed by atoms with Crippen LogP contribution in [-0.4, -0.2) is 6.54 Å². The number of rotatable bonds is 2. The van der Waals surface area contributed by atoms with Crippen molar-refractivity contribution < 1.29 is 4.42 Å². The van der Waals surface area contributed by atoms with Gasteiger partial charge in [0.05, 0.1) is 0 Å². The SMILES string of the molecule is NCC1(c2cccc3ccc(=O)oc23)CC1. The zero-order valence-electron chi connectivity index (χ0n) is 8.90. The van der Waals surface area contributed by atoms with Crippen LogP contribution in [0.3, 0.4) is 0 Å². The van der Waals surface area contributed by atoms with E-state index in [0.29, 0.717) is 12.1 Å². The number of para-hydroxylation sites is 1. The molecular formula is C13H13NO2. The van der Waals surface area contributed by atoms with Crippen molar-refractivity contribution in [3.8, 4) is 0 Å². The molecule has 1 aromatic carbocycles. The second-order valence-electron chi connectivity index (χ2n) is 4.46. The van der Waals surface area contributed by atoms with Gasteiger partial charge in [-0.3, -0.25) is 0 Å². The maximum Gasteiger partial charge on any atom is 0.336 e. The number of fused-ring (bicyclic) bond motifs is 1. The minimum absolute atomic E-state index is 0.0524. The Morgan fingerprint density at radius 3 is 2.75 bits per heavy atom. The Kier molecular flexibility index (Phi) is 1.91. The van der Waals surface area contributed by atoms with E-state index in [-0.39, 0.29) is 11.0 Å². The molecule has 0 unspecified atom stereocenters. The Morgan fingerprint density at radius 2 is 2.06 bits per heavy atom. The molecule has 16 heavy (non-hydrogen) atoms. The van der Waals surface area contributed by atoms with Crippen LogP contribution >= 0.6 is 0 Å². The Hall–Kier alpha value is -1.61. The summed E-state index contributed by atoms with van der Waals surface area (Å²) >= 11 is 0. The van der Waals surface area contributed by atoms with Crippen molar-refractivity contribution in [2.45, 2.75) is 18.3 Å². The molecule has 0 atom stereocenters. The summed E-state index contributed by atoms with van der Waals surface area (Å²) in [6.07, 6.45) is 2.17. The molecule has 2 aromatic rings. The fourth-order valence-corrected chi connectivity index (χ4v) is 2.24. The Bertz CT molecular complexity index is 596. The third-order valence-electron chi connectivity index (χ3n) is 3.46. The van der Waals surface area contributed by atoms with Crippen LogP contribution in [0.2, 0.25) is 0 Å². The molecule has 3 nitrogen and oxygen atoms in total. The molecule has 82 valence electrons. The minimum Gasteiger partial charge on any atom is -0.422 e. The van der Waals surface area contributed by atoms with Gasteiger partial charge in [0.15, 0.2) is 0 Å². The third kappa shape index (κ3) is 1.28. The fraction of sp³-hybridized carbons (Fsp3) is 0.308. The molecule has 1 saturated carbocycles. The average molecular weight is 215 g/mol. The van der Waals surface area contributed by atoms with Gasteiger partial charge in [0.2, 0.25) is 0 Å². The fourth-order valence-electron chi connectivity index (χ4n) is 2.24. The first-order valence-corrected chi connectivity index (χ1v) is 5.49. The molecule has 1 fully saturated rings. The maximum absolute atomic E-state index is 11.3. The van der Waals surface area contributed by atoms with Crippen LogP contribution in [0.4, 0.5) is 0 Å². The summed E-state index contributed by atoms with van der Waals surface area (Å²) in [5.74, 6) is 0. The van der Waals surface area contributed by atoms with Gasteiger partial charge < -0.3 is 10.2 Å². The van der Waals surface area contributed by atoms with Crippen molar-refractivity contribution >= 4 is 11.0 Å². The lowest BCUT2D eigenvalue weighted by molar-refractivity contribution is 0.548. The van der Waals surface area contributed by atoms with Crippen molar-refractivity contribution in [1.82, 2.24) is 0 Å². The number of hydrogen-bond donors (Lipinski definition) is 1. The van der Waals surface area contributed by atoms with Crippen LogP contribution < -0.4 is 11.4 Å². The van der Waals surface area contributed by atoms with Crippen molar-refractivity contribution in [1.29, 1.82) is 0 Å². The zero-order valence-corrected chi connectivity index (χ0v) is 8.90. The van der Waals surface area contributed by atoms with Gasteiger partial charge in [0, 0.05) is 29.0 Å². The van der Waals surface area contributed by atoms with Gasteiger partial charge in [-0.2, -0.15) is 0 Å². The molecule has 3 rings (SSSR count). The molecule has 0 bridgehead atoms. The quantitative estimate of drug-likeness (QED) is 0.777. The number of hydrogen-bond acceptors (Lipinski definition) is 3. The van der Waals surface area contributed by atoms with Crippen LogP contribution in [-0.2, 0) is 5.41 Å². The van der Waals surface area contributed by atoms with Gasteiger partial charge in [-0.15, -0.1) is 0 Å². The molecule has 0 radical (unpaired) electrons. The summed E-state index contributed by atoms with van der Waals surface area (Å²) in [4.78, 5) is 11.3. The van der Waals surface area contributed by atoms with E-state index in [4.69, 9.17) is 10.2 Å². The highest BCUT2D eigenvalue weighted by molar-refractivity contribution is 5.81. The molecule has 0 aliphatic heterocycles. The number of nitrogens with two attached hydrogens (primary N) is 1. The summed E-state index contributed by atoms with van der Waals surface area (Å²) in [5.41, 5.74) is 7.36. The molecule has 1 aliphatic carbocycles. The molecule has 3 heteroatoms. The lowest BCUT2D eigenvalue weighted by Crippen LogP contribution is -2.20. The van der Waals surface area contributed by atoms with E-state index in [9.17, 15) is 4.79 Å². The second-order valence-corrected chi connectivity index (χ2v) is 4.46. The third-order valence-corrected chi connectivity index (χ3v) is 3.46. The monoisotopic (exact) mass is 215 g/mol. The topological polar surface area (TPSA) is 56.2 Å². The van der Waals surface area contributed by atoms with Gasteiger partial charge in [-0.25, -0.2) is 4.79 Å². The molecule has 1 aliphatic rings. The van der Waals surface area contributed by atoms with Crippen molar-refractivity contribution in [3.63, 3.8) is 0 Å². The van der Waals surface area contributed by atoms with Crippen LogP contribution in [0.5, 0.6) is 0 Å². The van der Waals surface area contributed by atoms with E-state index in [0.717, 1.165) is 23.8 Å². The van der Waals surface area contributed by atoms with E-state index in [1.54, 1.807) is 6.07 Å². The molecule has 1 aromatic heterocycles. The summed E-state index contributed by atoms with van der Waals surface area (Å²) in [6.45, 7) is 0.616. The van der Waals surface area contributed by atoms with E-state index in [1.165, 1.54) is 6.07 Å². The first-order chi connectivity index (χ1) is 7.75. The lowest BCUT2D eigenvalue weighted by Gasteiger charge is -2.13. The van der Waals surface area contributed by atoms with E-state index in [2.05, 4.69) is 0 Å². The molecule has 1 heterocycles. The van der Waals surface area contributed by atoms with Crippen molar-refractivity contribution in [2.24, 2.45) is 5.73 Å². The highest BCUT2D eigenvalue weighted by Crippen LogP contribution is 2.49. The van der Waals surface area contributed by atoms with Gasteiger partial charge in [0.25, 0.3) is 0 Å². The van der Waals surface area contributed by atoms with Crippen LogP contribution in [0.25, 0.3) is 11.0 Å². The predicted molar refractivity (Wildman–Crippen MR) is 62.5 cm³/mol. The van der Waals surface area contributed by atoms with Crippen LogP contribution in [0.15, 0.2) is 39.5 Å². The van der Waals surface area contributed by atoms with Gasteiger partial charge >= 0.3 is 5.63 Å². The summed E-state index contributed by atoms with van der Waals surface area (Å²) < 4.78 is 5.31. The van der Waals surface area contributed by atoms with Crippen LogP contribution in [0.1, 0.15) is 18.4 Å². The van der Waals surface area contributed by atoms with Crippen molar-refractivity contribution in [2.75, 3.05) is 6.54 Å². The Labute approximate surface area is 92.9 Å². The first kappa shape index (κ1) is 9.60. The molecule has 0 saturated heterocycles. The number of benzene rings is 1. The second kappa shape index (κ2) is 3.19. The zero-order chi connectivity index (χ0) is 11.2. The van der Waals surface area contributed by atoms with Gasteiger partial charge in [-0.05, 0) is 18.9 Å². The summed E-state index contributed by atoms with van der Waals surface area (Å²) in [7, 11) is 0. The van der Waals surface area contributed by atoms with E-state index < -0.39 is 0 Å². The summed E-state index contributed by atoms with van der Waals surface area (Å²) in [6, 6.07) is 9.22. The Morgan fingerprint density at radius 1 is 1.25 bits per heavy atom. The van der Waals surface area contributed by atoms with E-state index in [1.807, 2.05) is 18.2 Å². The highest BCUT2D eigenvalue weighted by atomic mass is 16.4. The maximum atomic E-state index is 11.3. The molecule has 0 amide bonds. The van der Waals surface area contributed by atoms with Crippen LogP contribution in [0, 0.1) is 0 Å². The largest absolute Gasteiger partial charge is 0.422 e. The molecular weight excluding hydrogens is 202 g/mol. The average Bonchev–Trinajstić information content (AvgIpc) is 3.09. The molecule has 2 N–H and O–H groups in total. The highest BCUT2D eigenvalue weighted by Gasteiger charge is 2.44. The minimum atomic E-state index is -0.298. The normalized spacial score (nSPS) is 17.6. The van der Waals surface area contributed by atoms with E-state index >= 15 is 0 Å². The van der Waals surface area contributed by atoms with Crippen molar-refractivity contribution in [3.05, 3.63) is 46.3 Å². The summed E-state index contributed by atoms with van der Waals surface area (Å²) in [5, 5.41) is 0.969.